The molecule has 2 fully saturated rings. The number of hydrogen-bond acceptors (Lipinski definition) is 3. The highest BCUT2D eigenvalue weighted by Gasteiger charge is 2.33. The third-order valence-electron chi connectivity index (χ3n) is 4.29. The van der Waals surface area contributed by atoms with E-state index in [9.17, 15) is 0 Å². The number of hydrogen-bond donors (Lipinski definition) is 1. The zero-order chi connectivity index (χ0) is 13.5. The van der Waals surface area contributed by atoms with Gasteiger partial charge in [-0.05, 0) is 51.6 Å². The van der Waals surface area contributed by atoms with E-state index < -0.39 is 0 Å². The Morgan fingerprint density at radius 1 is 1.05 bits per heavy atom. The summed E-state index contributed by atoms with van der Waals surface area (Å²) in [4.78, 5) is 2.69. The van der Waals surface area contributed by atoms with E-state index in [1.165, 1.54) is 58.0 Å². The fourth-order valence-electron chi connectivity index (χ4n) is 2.99. The largest absolute Gasteiger partial charge is 0.372 e. The number of nitrogens with one attached hydrogen (secondary N) is 1. The van der Waals surface area contributed by atoms with Crippen molar-refractivity contribution in [2.45, 2.75) is 77.0 Å². The molecule has 1 aliphatic carbocycles. The average Bonchev–Trinajstić information content (AvgIpc) is 3.17. The van der Waals surface area contributed by atoms with Crippen molar-refractivity contribution in [3.8, 4) is 0 Å². The Morgan fingerprint density at radius 3 is 2.53 bits per heavy atom. The van der Waals surface area contributed by atoms with Crippen LogP contribution in [-0.2, 0) is 4.74 Å². The van der Waals surface area contributed by atoms with Gasteiger partial charge in [-0.2, -0.15) is 0 Å². The van der Waals surface area contributed by atoms with Crippen LogP contribution in [0.3, 0.4) is 0 Å². The summed E-state index contributed by atoms with van der Waals surface area (Å²) in [5.41, 5.74) is 0. The molecule has 0 radical (unpaired) electrons. The molecule has 0 bridgehead atoms. The van der Waals surface area contributed by atoms with Gasteiger partial charge < -0.3 is 10.1 Å². The smallest absolute Gasteiger partial charge is 0.0707 e. The molecule has 0 aromatic rings. The molecule has 1 aliphatic heterocycles. The lowest BCUT2D eigenvalue weighted by Gasteiger charge is -2.25. The Balaban J connectivity index is 1.64. The van der Waals surface area contributed by atoms with Crippen molar-refractivity contribution in [1.82, 2.24) is 10.2 Å². The van der Waals surface area contributed by atoms with Crippen LogP contribution in [0.4, 0.5) is 0 Å². The monoisotopic (exact) mass is 268 g/mol. The molecule has 0 amide bonds. The number of rotatable bonds is 10. The highest BCUT2D eigenvalue weighted by Crippen LogP contribution is 2.29. The Kier molecular flexibility index (Phi) is 6.62. The lowest BCUT2D eigenvalue weighted by atomic mass is 10.1. The van der Waals surface area contributed by atoms with Crippen LogP contribution in [0.2, 0.25) is 0 Å². The van der Waals surface area contributed by atoms with Gasteiger partial charge in [0.05, 0.1) is 12.2 Å². The van der Waals surface area contributed by atoms with E-state index in [-0.39, 0.29) is 0 Å². The molecule has 3 heteroatoms. The van der Waals surface area contributed by atoms with Crippen LogP contribution >= 0.6 is 0 Å². The number of unbranched alkanes of at least 4 members (excludes halogenated alkanes) is 1. The van der Waals surface area contributed by atoms with Crippen LogP contribution in [0.5, 0.6) is 0 Å². The predicted molar refractivity (Wildman–Crippen MR) is 80.6 cm³/mol. The van der Waals surface area contributed by atoms with Gasteiger partial charge in [-0.25, -0.2) is 0 Å². The van der Waals surface area contributed by atoms with E-state index >= 15 is 0 Å². The second-order valence-electron chi connectivity index (χ2n) is 6.24. The molecular formula is C16H32N2O. The molecule has 0 aromatic carbocycles. The Hall–Kier alpha value is -0.120. The first-order valence-corrected chi connectivity index (χ1v) is 8.43. The molecule has 1 saturated heterocycles. The van der Waals surface area contributed by atoms with Gasteiger partial charge in [-0.1, -0.05) is 20.3 Å². The van der Waals surface area contributed by atoms with E-state index in [0.29, 0.717) is 12.2 Å². The summed E-state index contributed by atoms with van der Waals surface area (Å²) in [5.74, 6) is 0. The Labute approximate surface area is 119 Å². The summed E-state index contributed by atoms with van der Waals surface area (Å²) in [6.07, 6.45) is 10.1. The van der Waals surface area contributed by atoms with Crippen molar-refractivity contribution < 1.29 is 4.74 Å². The highest BCUT2D eigenvalue weighted by atomic mass is 16.5. The number of ether oxygens (including phenoxy) is 1. The molecule has 1 saturated carbocycles. The lowest BCUT2D eigenvalue weighted by molar-refractivity contribution is 0.0215. The van der Waals surface area contributed by atoms with E-state index in [1.807, 2.05) is 0 Å². The average molecular weight is 268 g/mol. The van der Waals surface area contributed by atoms with Crippen molar-refractivity contribution in [3.63, 3.8) is 0 Å². The Bertz CT molecular complexity index is 243. The molecule has 112 valence electrons. The third kappa shape index (κ3) is 5.41. The molecule has 0 aromatic heterocycles. The van der Waals surface area contributed by atoms with Gasteiger partial charge in [-0.3, -0.25) is 4.90 Å². The first-order chi connectivity index (χ1) is 9.33. The summed E-state index contributed by atoms with van der Waals surface area (Å²) >= 11 is 0. The van der Waals surface area contributed by atoms with Crippen molar-refractivity contribution in [2.24, 2.45) is 0 Å². The minimum Gasteiger partial charge on any atom is -0.372 e. The molecule has 1 N–H and O–H groups in total. The molecule has 0 spiro atoms. The second kappa shape index (κ2) is 8.23. The quantitative estimate of drug-likeness (QED) is 0.617. The zero-order valence-electron chi connectivity index (χ0n) is 12.9. The van der Waals surface area contributed by atoms with Gasteiger partial charge in [0.1, 0.15) is 0 Å². The summed E-state index contributed by atoms with van der Waals surface area (Å²) in [5, 5.41) is 3.48. The lowest BCUT2D eigenvalue weighted by Crippen LogP contribution is -2.36. The fourth-order valence-corrected chi connectivity index (χ4v) is 2.99. The van der Waals surface area contributed by atoms with Gasteiger partial charge in [0, 0.05) is 19.1 Å². The van der Waals surface area contributed by atoms with Crippen LogP contribution in [0, 0.1) is 0 Å². The standard InChI is InChI=1S/C16H32N2O/c1-3-5-11-18(14-6-7-14)13-16-9-8-15(19-16)12-17-10-4-2/h14-17H,3-13H2,1-2H3. The Morgan fingerprint density at radius 2 is 1.84 bits per heavy atom. The van der Waals surface area contributed by atoms with Gasteiger partial charge >= 0.3 is 0 Å². The van der Waals surface area contributed by atoms with Gasteiger partial charge in [0.25, 0.3) is 0 Å². The van der Waals surface area contributed by atoms with E-state index in [0.717, 1.165) is 19.1 Å². The predicted octanol–water partition coefficient (Wildman–Crippen LogP) is 2.80. The summed E-state index contributed by atoms with van der Waals surface area (Å²) in [6.45, 7) is 9.12. The van der Waals surface area contributed by atoms with Crippen LogP contribution in [0.25, 0.3) is 0 Å². The topological polar surface area (TPSA) is 24.5 Å². The highest BCUT2D eigenvalue weighted by molar-refractivity contribution is 4.87. The molecule has 2 rings (SSSR count). The minimum atomic E-state index is 0.462. The maximum absolute atomic E-state index is 6.19. The summed E-state index contributed by atoms with van der Waals surface area (Å²) < 4.78 is 6.19. The molecule has 1 heterocycles. The van der Waals surface area contributed by atoms with Crippen molar-refractivity contribution >= 4 is 0 Å². The molecule has 2 unspecified atom stereocenters. The fraction of sp³-hybridized carbons (Fsp3) is 1.00. The van der Waals surface area contributed by atoms with Crippen LogP contribution in [-0.4, -0.2) is 49.3 Å². The van der Waals surface area contributed by atoms with Crippen LogP contribution in [0.15, 0.2) is 0 Å². The second-order valence-corrected chi connectivity index (χ2v) is 6.24. The van der Waals surface area contributed by atoms with Gasteiger partial charge in [0.15, 0.2) is 0 Å². The maximum atomic E-state index is 6.19. The van der Waals surface area contributed by atoms with Crippen molar-refractivity contribution in [3.05, 3.63) is 0 Å². The normalized spacial score (nSPS) is 27.3. The third-order valence-corrected chi connectivity index (χ3v) is 4.29. The van der Waals surface area contributed by atoms with Crippen LogP contribution in [0.1, 0.15) is 58.8 Å². The first-order valence-electron chi connectivity index (χ1n) is 8.43. The van der Waals surface area contributed by atoms with E-state index in [2.05, 4.69) is 24.1 Å². The molecule has 3 nitrogen and oxygen atoms in total. The maximum Gasteiger partial charge on any atom is 0.0707 e. The zero-order valence-corrected chi connectivity index (χ0v) is 12.9. The van der Waals surface area contributed by atoms with Gasteiger partial charge in [-0.15, -0.1) is 0 Å². The van der Waals surface area contributed by atoms with Crippen molar-refractivity contribution in [2.75, 3.05) is 26.2 Å². The molecule has 19 heavy (non-hydrogen) atoms. The molecule has 2 aliphatic rings. The SMILES string of the molecule is CCCCN(CC1CCC(CNCCC)O1)C1CC1. The van der Waals surface area contributed by atoms with Crippen molar-refractivity contribution in [1.29, 1.82) is 0 Å². The van der Waals surface area contributed by atoms with Crippen LogP contribution < -0.4 is 5.32 Å². The minimum absolute atomic E-state index is 0.462. The molecule has 2 atom stereocenters. The summed E-state index contributed by atoms with van der Waals surface area (Å²) in [6, 6.07) is 0.882. The molecular weight excluding hydrogens is 236 g/mol. The van der Waals surface area contributed by atoms with E-state index in [1.54, 1.807) is 0 Å². The van der Waals surface area contributed by atoms with Gasteiger partial charge in [0.2, 0.25) is 0 Å². The van der Waals surface area contributed by atoms with E-state index in [4.69, 9.17) is 4.74 Å². The summed E-state index contributed by atoms with van der Waals surface area (Å²) in [7, 11) is 0. The first kappa shape index (κ1) is 15.3. The number of nitrogens with zero attached hydrogens (tertiary/aromatic N) is 1.